The van der Waals surface area contributed by atoms with Crippen LogP contribution in [-0.2, 0) is 9.53 Å². The van der Waals surface area contributed by atoms with Gasteiger partial charge in [-0.1, -0.05) is 25.7 Å². The van der Waals surface area contributed by atoms with Gasteiger partial charge >= 0.3 is 0 Å². The topological polar surface area (TPSA) is 41.6 Å². The summed E-state index contributed by atoms with van der Waals surface area (Å²) in [6.07, 6.45) is 7.19. The predicted molar refractivity (Wildman–Crippen MR) is 71.4 cm³/mol. The van der Waals surface area contributed by atoms with E-state index in [1.54, 1.807) is 0 Å². The Hall–Kier alpha value is -0.610. The largest absolute Gasteiger partial charge is 0.377 e. The fourth-order valence-corrected chi connectivity index (χ4v) is 3.16. The standard InChI is InChI=1S/C14H26N2O2/c1-15-10-13-11-18-9-8-16(13)14(17)7-6-12-4-2-3-5-12/h12-13,15H,2-11H2,1H3. The Morgan fingerprint density at radius 2 is 2.17 bits per heavy atom. The first-order chi connectivity index (χ1) is 8.81. The average molecular weight is 254 g/mol. The normalized spacial score (nSPS) is 25.6. The highest BCUT2D eigenvalue weighted by atomic mass is 16.5. The molecule has 1 unspecified atom stereocenters. The lowest BCUT2D eigenvalue weighted by atomic mass is 10.0. The number of carbonyl (C=O) groups excluding carboxylic acids is 1. The number of hydrogen-bond acceptors (Lipinski definition) is 3. The van der Waals surface area contributed by atoms with Crippen LogP contribution in [0.5, 0.6) is 0 Å². The summed E-state index contributed by atoms with van der Waals surface area (Å²) >= 11 is 0. The molecule has 1 aliphatic carbocycles. The van der Waals surface area contributed by atoms with Crippen molar-refractivity contribution in [1.29, 1.82) is 0 Å². The van der Waals surface area contributed by atoms with E-state index in [1.165, 1.54) is 25.7 Å². The second kappa shape index (κ2) is 7.10. The molecule has 1 amide bonds. The van der Waals surface area contributed by atoms with Gasteiger partial charge in [0.25, 0.3) is 0 Å². The molecule has 0 aromatic rings. The van der Waals surface area contributed by atoms with Crippen LogP contribution < -0.4 is 5.32 Å². The van der Waals surface area contributed by atoms with Gasteiger partial charge in [0.2, 0.25) is 5.91 Å². The van der Waals surface area contributed by atoms with Crippen LogP contribution in [0.1, 0.15) is 38.5 Å². The number of rotatable bonds is 5. The van der Waals surface area contributed by atoms with Crippen LogP contribution in [0, 0.1) is 5.92 Å². The summed E-state index contributed by atoms with van der Waals surface area (Å²) in [5.41, 5.74) is 0. The highest BCUT2D eigenvalue weighted by Crippen LogP contribution is 2.28. The number of hydrogen-bond donors (Lipinski definition) is 1. The van der Waals surface area contributed by atoms with Crippen molar-refractivity contribution in [3.8, 4) is 0 Å². The number of likely N-dealkylation sites (N-methyl/N-ethyl adjacent to an activating group) is 1. The quantitative estimate of drug-likeness (QED) is 0.806. The average Bonchev–Trinajstić information content (AvgIpc) is 2.90. The molecule has 1 saturated heterocycles. The van der Waals surface area contributed by atoms with Gasteiger partial charge in [-0.25, -0.2) is 0 Å². The Labute approximate surface area is 110 Å². The summed E-state index contributed by atoms with van der Waals surface area (Å²) < 4.78 is 5.46. The Morgan fingerprint density at radius 3 is 2.89 bits per heavy atom. The first-order valence-corrected chi connectivity index (χ1v) is 7.33. The van der Waals surface area contributed by atoms with Crippen molar-refractivity contribution in [2.45, 2.75) is 44.6 Å². The van der Waals surface area contributed by atoms with E-state index in [4.69, 9.17) is 4.74 Å². The minimum Gasteiger partial charge on any atom is -0.377 e. The van der Waals surface area contributed by atoms with Gasteiger partial charge in [0.1, 0.15) is 0 Å². The summed E-state index contributed by atoms with van der Waals surface area (Å²) in [6, 6.07) is 0.222. The van der Waals surface area contributed by atoms with Crippen LogP contribution in [0.3, 0.4) is 0 Å². The lowest BCUT2D eigenvalue weighted by Gasteiger charge is -2.35. The zero-order valence-corrected chi connectivity index (χ0v) is 11.5. The maximum absolute atomic E-state index is 12.3. The molecular formula is C14H26N2O2. The fraction of sp³-hybridized carbons (Fsp3) is 0.929. The third-order valence-corrected chi connectivity index (χ3v) is 4.23. The molecule has 2 fully saturated rings. The van der Waals surface area contributed by atoms with Crippen molar-refractivity contribution < 1.29 is 9.53 Å². The molecule has 0 bridgehead atoms. The van der Waals surface area contributed by atoms with Gasteiger partial charge in [-0.05, 0) is 19.4 Å². The molecule has 4 nitrogen and oxygen atoms in total. The molecule has 0 spiro atoms. The highest BCUT2D eigenvalue weighted by molar-refractivity contribution is 5.76. The lowest BCUT2D eigenvalue weighted by Crippen LogP contribution is -2.52. The molecule has 4 heteroatoms. The van der Waals surface area contributed by atoms with Gasteiger partial charge in [0.15, 0.2) is 0 Å². The van der Waals surface area contributed by atoms with Crippen LogP contribution in [0.2, 0.25) is 0 Å². The molecule has 1 atom stereocenters. The van der Waals surface area contributed by atoms with Crippen molar-refractivity contribution in [2.75, 3.05) is 33.4 Å². The van der Waals surface area contributed by atoms with E-state index < -0.39 is 0 Å². The Bertz CT molecular complexity index is 263. The maximum Gasteiger partial charge on any atom is 0.223 e. The molecule has 2 aliphatic rings. The molecule has 18 heavy (non-hydrogen) atoms. The molecule has 2 rings (SSSR count). The van der Waals surface area contributed by atoms with Crippen LogP contribution in [0.4, 0.5) is 0 Å². The van der Waals surface area contributed by atoms with Crippen LogP contribution in [0.25, 0.3) is 0 Å². The van der Waals surface area contributed by atoms with Gasteiger partial charge in [0, 0.05) is 19.5 Å². The van der Waals surface area contributed by atoms with Gasteiger partial charge < -0.3 is 15.0 Å². The van der Waals surface area contributed by atoms with E-state index in [0.717, 1.165) is 31.8 Å². The summed E-state index contributed by atoms with van der Waals surface area (Å²) in [6.45, 7) is 2.95. The minimum absolute atomic E-state index is 0.222. The number of carbonyl (C=O) groups is 1. The molecule has 1 heterocycles. The van der Waals surface area contributed by atoms with Gasteiger partial charge in [0.05, 0.1) is 19.3 Å². The summed E-state index contributed by atoms with van der Waals surface area (Å²) in [5, 5.41) is 3.15. The van der Waals surface area contributed by atoms with Gasteiger partial charge in [-0.2, -0.15) is 0 Å². The highest BCUT2D eigenvalue weighted by Gasteiger charge is 2.27. The molecular weight excluding hydrogens is 228 g/mol. The van der Waals surface area contributed by atoms with Crippen molar-refractivity contribution >= 4 is 5.91 Å². The van der Waals surface area contributed by atoms with Crippen molar-refractivity contribution in [1.82, 2.24) is 10.2 Å². The summed E-state index contributed by atoms with van der Waals surface area (Å²) in [7, 11) is 1.93. The minimum atomic E-state index is 0.222. The SMILES string of the molecule is CNCC1COCCN1C(=O)CCC1CCCC1. The Morgan fingerprint density at radius 1 is 1.39 bits per heavy atom. The Kier molecular flexibility index (Phi) is 5.45. The maximum atomic E-state index is 12.3. The molecule has 0 radical (unpaired) electrons. The van der Waals surface area contributed by atoms with Crippen LogP contribution in [0.15, 0.2) is 0 Å². The Balaban J connectivity index is 1.77. The molecule has 1 aliphatic heterocycles. The first-order valence-electron chi connectivity index (χ1n) is 7.33. The molecule has 1 N–H and O–H groups in total. The lowest BCUT2D eigenvalue weighted by molar-refractivity contribution is -0.140. The van der Waals surface area contributed by atoms with Crippen LogP contribution >= 0.6 is 0 Å². The van der Waals surface area contributed by atoms with Crippen molar-refractivity contribution in [3.05, 3.63) is 0 Å². The summed E-state index contributed by atoms with van der Waals surface area (Å²) in [4.78, 5) is 14.3. The van der Waals surface area contributed by atoms with E-state index >= 15 is 0 Å². The second-order valence-electron chi connectivity index (χ2n) is 5.56. The zero-order chi connectivity index (χ0) is 12.8. The predicted octanol–water partition coefficient (Wildman–Crippen LogP) is 1.40. The number of nitrogens with one attached hydrogen (secondary N) is 1. The third-order valence-electron chi connectivity index (χ3n) is 4.23. The number of morpholine rings is 1. The molecule has 1 saturated carbocycles. The van der Waals surface area contributed by atoms with Crippen LogP contribution in [-0.4, -0.2) is 50.2 Å². The first kappa shape index (κ1) is 13.8. The zero-order valence-electron chi connectivity index (χ0n) is 11.5. The van der Waals surface area contributed by atoms with E-state index in [-0.39, 0.29) is 6.04 Å². The van der Waals surface area contributed by atoms with E-state index in [2.05, 4.69) is 5.32 Å². The fourth-order valence-electron chi connectivity index (χ4n) is 3.16. The number of ether oxygens (including phenoxy) is 1. The van der Waals surface area contributed by atoms with Gasteiger partial charge in [-0.15, -0.1) is 0 Å². The van der Waals surface area contributed by atoms with Gasteiger partial charge in [-0.3, -0.25) is 4.79 Å². The second-order valence-corrected chi connectivity index (χ2v) is 5.56. The number of nitrogens with zero attached hydrogens (tertiary/aromatic N) is 1. The molecule has 0 aromatic heterocycles. The monoisotopic (exact) mass is 254 g/mol. The van der Waals surface area contributed by atoms with E-state index in [0.29, 0.717) is 19.1 Å². The molecule has 0 aromatic carbocycles. The number of amides is 1. The molecule has 104 valence electrons. The summed E-state index contributed by atoms with van der Waals surface area (Å²) in [5.74, 6) is 1.13. The van der Waals surface area contributed by atoms with Crippen molar-refractivity contribution in [2.24, 2.45) is 5.92 Å². The van der Waals surface area contributed by atoms with E-state index in [9.17, 15) is 4.79 Å². The smallest absolute Gasteiger partial charge is 0.223 e. The third kappa shape index (κ3) is 3.69. The van der Waals surface area contributed by atoms with Crippen molar-refractivity contribution in [3.63, 3.8) is 0 Å². The van der Waals surface area contributed by atoms with E-state index in [1.807, 2.05) is 11.9 Å².